The maximum atomic E-state index is 11.0. The fourth-order valence-electron chi connectivity index (χ4n) is 3.41. The Morgan fingerprint density at radius 2 is 2.03 bits per heavy atom. The number of rotatable bonds is 10. The Kier molecular flexibility index (Phi) is 7.01. The number of furan rings is 1. The van der Waals surface area contributed by atoms with E-state index in [0.29, 0.717) is 6.61 Å². The molecule has 0 radical (unpaired) electrons. The van der Waals surface area contributed by atoms with Gasteiger partial charge in [0.15, 0.2) is 0 Å². The molecule has 0 atom stereocenters. The van der Waals surface area contributed by atoms with Gasteiger partial charge in [-0.25, -0.2) is 5.48 Å². The van der Waals surface area contributed by atoms with Crippen LogP contribution in [0.5, 0.6) is 5.75 Å². The topological polar surface area (TPSA) is 99.5 Å². The summed E-state index contributed by atoms with van der Waals surface area (Å²) >= 11 is 0. The van der Waals surface area contributed by atoms with Crippen molar-refractivity contribution in [2.24, 2.45) is 0 Å². The van der Waals surface area contributed by atoms with Crippen molar-refractivity contribution in [2.45, 2.75) is 19.6 Å². The Hall–Kier alpha value is -3.81. The van der Waals surface area contributed by atoms with E-state index in [1.165, 1.54) is 11.6 Å². The third-order valence-electron chi connectivity index (χ3n) is 5.12. The van der Waals surface area contributed by atoms with Gasteiger partial charge >= 0.3 is 0 Å². The largest absolute Gasteiger partial charge is 0.486 e. The molecule has 0 fully saturated rings. The zero-order valence-electron chi connectivity index (χ0n) is 17.5. The molecule has 1 amide bonds. The van der Waals surface area contributed by atoms with Crippen LogP contribution in [0.4, 0.5) is 0 Å². The van der Waals surface area contributed by atoms with Crippen molar-refractivity contribution >= 4 is 22.9 Å². The van der Waals surface area contributed by atoms with Crippen molar-refractivity contribution in [3.8, 4) is 5.75 Å². The number of carbonyl (C=O) groups excluding carboxylic acids is 1. The van der Waals surface area contributed by atoms with Gasteiger partial charge in [-0.05, 0) is 66.1 Å². The van der Waals surface area contributed by atoms with Gasteiger partial charge < -0.3 is 19.5 Å². The molecule has 0 unspecified atom stereocenters. The monoisotopic (exact) mass is 431 g/mol. The molecule has 0 aliphatic carbocycles. The van der Waals surface area contributed by atoms with Crippen LogP contribution in [0, 0.1) is 0 Å². The van der Waals surface area contributed by atoms with Crippen LogP contribution in [0.2, 0.25) is 0 Å². The molecule has 164 valence electrons. The van der Waals surface area contributed by atoms with Crippen LogP contribution in [0.25, 0.3) is 17.0 Å². The van der Waals surface area contributed by atoms with E-state index in [0.717, 1.165) is 53.0 Å². The van der Waals surface area contributed by atoms with E-state index in [2.05, 4.69) is 16.4 Å². The van der Waals surface area contributed by atoms with Crippen molar-refractivity contribution in [3.05, 3.63) is 95.6 Å². The van der Waals surface area contributed by atoms with Gasteiger partial charge in [0.05, 0.1) is 6.26 Å². The number of hydrogen-bond donors (Lipinski definition) is 4. The van der Waals surface area contributed by atoms with Gasteiger partial charge in [-0.1, -0.05) is 24.3 Å². The van der Waals surface area contributed by atoms with Crippen LogP contribution in [0.1, 0.15) is 22.5 Å². The van der Waals surface area contributed by atoms with E-state index >= 15 is 0 Å². The summed E-state index contributed by atoms with van der Waals surface area (Å²) in [5.74, 6) is 1.06. The highest BCUT2D eigenvalue weighted by Gasteiger charge is 2.06. The van der Waals surface area contributed by atoms with Gasteiger partial charge in [-0.15, -0.1) is 0 Å². The molecule has 0 aliphatic rings. The lowest BCUT2D eigenvalue weighted by Crippen LogP contribution is -2.16. The van der Waals surface area contributed by atoms with Gasteiger partial charge in [0.1, 0.15) is 18.1 Å². The van der Waals surface area contributed by atoms with Crippen molar-refractivity contribution in [1.82, 2.24) is 15.8 Å². The molecule has 4 aromatic rings. The minimum atomic E-state index is -0.552. The second-order valence-corrected chi connectivity index (χ2v) is 7.37. The molecule has 0 saturated heterocycles. The van der Waals surface area contributed by atoms with E-state index in [-0.39, 0.29) is 0 Å². The summed E-state index contributed by atoms with van der Waals surface area (Å²) in [6.45, 7) is 1.99. The number of hydrogen-bond acceptors (Lipinski definition) is 5. The van der Waals surface area contributed by atoms with Gasteiger partial charge in [-0.2, -0.15) is 0 Å². The molecule has 0 saturated carbocycles. The number of ether oxygens (including phenoxy) is 1. The molecular formula is C25H25N3O4. The Morgan fingerprint density at radius 3 is 2.81 bits per heavy atom. The van der Waals surface area contributed by atoms with Crippen molar-refractivity contribution in [1.29, 1.82) is 0 Å². The number of aromatic amines is 1. The summed E-state index contributed by atoms with van der Waals surface area (Å²) in [6.07, 6.45) is 7.50. The first-order chi connectivity index (χ1) is 15.7. The molecule has 0 aliphatic heterocycles. The second kappa shape index (κ2) is 10.5. The van der Waals surface area contributed by atoms with Crippen LogP contribution in [0.3, 0.4) is 0 Å². The van der Waals surface area contributed by atoms with Crippen molar-refractivity contribution in [3.63, 3.8) is 0 Å². The molecule has 4 N–H and O–H groups in total. The molecule has 7 heteroatoms. The normalized spacial score (nSPS) is 11.3. The smallest absolute Gasteiger partial charge is 0.267 e. The highest BCUT2D eigenvalue weighted by Crippen LogP contribution is 2.24. The second-order valence-electron chi connectivity index (χ2n) is 7.37. The molecule has 7 nitrogen and oxygen atoms in total. The summed E-state index contributed by atoms with van der Waals surface area (Å²) in [6, 6.07) is 17.7. The van der Waals surface area contributed by atoms with Crippen LogP contribution in [-0.4, -0.2) is 22.6 Å². The van der Waals surface area contributed by atoms with Gasteiger partial charge in [-0.3, -0.25) is 10.0 Å². The lowest BCUT2D eigenvalue weighted by molar-refractivity contribution is -0.124. The zero-order valence-corrected chi connectivity index (χ0v) is 17.5. The van der Waals surface area contributed by atoms with Gasteiger partial charge in [0, 0.05) is 29.7 Å². The first-order valence-corrected chi connectivity index (χ1v) is 10.4. The zero-order chi connectivity index (χ0) is 22.2. The quantitative estimate of drug-likeness (QED) is 0.131. The van der Waals surface area contributed by atoms with Gasteiger partial charge in [0.25, 0.3) is 5.91 Å². The lowest BCUT2D eigenvalue weighted by Gasteiger charge is -2.07. The third-order valence-corrected chi connectivity index (χ3v) is 5.12. The van der Waals surface area contributed by atoms with Crippen molar-refractivity contribution < 1.29 is 19.2 Å². The number of carbonyl (C=O) groups is 1. The molecule has 2 heterocycles. The summed E-state index contributed by atoms with van der Waals surface area (Å²) in [7, 11) is 0. The van der Waals surface area contributed by atoms with Crippen LogP contribution < -0.4 is 15.5 Å². The number of fused-ring (bicyclic) bond motifs is 1. The molecule has 2 aromatic carbocycles. The number of aromatic nitrogens is 1. The predicted molar refractivity (Wildman–Crippen MR) is 122 cm³/mol. The average molecular weight is 431 g/mol. The van der Waals surface area contributed by atoms with E-state index in [4.69, 9.17) is 14.4 Å². The van der Waals surface area contributed by atoms with Gasteiger partial charge in [0.2, 0.25) is 0 Å². The van der Waals surface area contributed by atoms with Crippen LogP contribution >= 0.6 is 0 Å². The molecule has 0 bridgehead atoms. The Morgan fingerprint density at radius 1 is 1.16 bits per heavy atom. The lowest BCUT2D eigenvalue weighted by atomic mass is 10.1. The molecular weight excluding hydrogens is 406 g/mol. The predicted octanol–water partition coefficient (Wildman–Crippen LogP) is 4.19. The number of hydroxylamine groups is 1. The summed E-state index contributed by atoms with van der Waals surface area (Å²) in [4.78, 5) is 14.4. The van der Waals surface area contributed by atoms with E-state index in [9.17, 15) is 4.79 Å². The van der Waals surface area contributed by atoms with Crippen molar-refractivity contribution in [2.75, 3.05) is 6.54 Å². The third kappa shape index (κ3) is 5.66. The standard InChI is InChI=1S/C25H25N3O4/c29-25(28-30)10-7-18-3-5-19(6-4-18)15-26-12-11-20-16-27-24-9-8-21(14-23(20)24)32-17-22-2-1-13-31-22/h1-10,13-14,16,26-27,30H,11-12,15,17H2,(H,28,29). The van der Waals surface area contributed by atoms with Crippen LogP contribution in [-0.2, 0) is 24.4 Å². The highest BCUT2D eigenvalue weighted by atomic mass is 16.5. The fraction of sp³-hybridized carbons (Fsp3) is 0.160. The maximum absolute atomic E-state index is 11.0. The Bertz CT molecular complexity index is 1180. The number of benzene rings is 2. The van der Waals surface area contributed by atoms with E-state index in [1.807, 2.05) is 54.7 Å². The van der Waals surface area contributed by atoms with E-state index in [1.54, 1.807) is 17.8 Å². The number of H-pyrrole nitrogens is 1. The molecule has 4 rings (SSSR count). The first-order valence-electron chi connectivity index (χ1n) is 10.4. The van der Waals surface area contributed by atoms with Crippen LogP contribution in [0.15, 0.2) is 77.6 Å². The number of amides is 1. The first kappa shape index (κ1) is 21.4. The summed E-state index contributed by atoms with van der Waals surface area (Å²) < 4.78 is 11.2. The minimum absolute atomic E-state index is 0.406. The molecule has 2 aromatic heterocycles. The highest BCUT2D eigenvalue weighted by molar-refractivity contribution is 5.90. The molecule has 0 spiro atoms. The number of nitrogens with one attached hydrogen (secondary N) is 3. The Labute approximate surface area is 185 Å². The summed E-state index contributed by atoms with van der Waals surface area (Å²) in [5.41, 5.74) is 5.94. The van der Waals surface area contributed by atoms with E-state index < -0.39 is 5.91 Å². The Balaban J connectivity index is 1.28. The minimum Gasteiger partial charge on any atom is -0.486 e. The summed E-state index contributed by atoms with van der Waals surface area (Å²) in [5, 5.41) is 13.1. The SMILES string of the molecule is O=C(C=Cc1ccc(CNCCc2c[nH]c3ccc(OCc4ccco4)cc23)cc1)NO. The average Bonchev–Trinajstić information content (AvgIpc) is 3.49. The maximum Gasteiger partial charge on any atom is 0.267 e. The molecule has 32 heavy (non-hydrogen) atoms. The fourth-order valence-corrected chi connectivity index (χ4v) is 3.41.